The van der Waals surface area contributed by atoms with Gasteiger partial charge >= 0.3 is 0 Å². The molecule has 62 valence electrons. The number of nitrogens with two attached hydrogens (primary N) is 2. The van der Waals surface area contributed by atoms with Crippen molar-refractivity contribution in [1.29, 1.82) is 0 Å². The lowest BCUT2D eigenvalue weighted by Crippen LogP contribution is -2.15. The van der Waals surface area contributed by atoms with Gasteiger partial charge in [0.2, 0.25) is 0 Å². The lowest BCUT2D eigenvalue weighted by Gasteiger charge is -1.95. The van der Waals surface area contributed by atoms with Gasteiger partial charge in [0.05, 0.1) is 0 Å². The Labute approximate surface area is 67.2 Å². The molecule has 1 aromatic heterocycles. The van der Waals surface area contributed by atoms with Gasteiger partial charge in [-0.1, -0.05) is 0 Å². The first-order valence-electron chi connectivity index (χ1n) is 2.49. The Morgan fingerprint density at radius 2 is 1.82 bits per heavy atom. The SMILES string of the molecule is N.Nc1[nH]c(=S)[nH]c(=O)c1N. The molecule has 6 nitrogen and oxygen atoms in total. The molecule has 0 aromatic carbocycles. The fourth-order valence-electron chi connectivity index (χ4n) is 0.514. The van der Waals surface area contributed by atoms with Crippen molar-refractivity contribution >= 4 is 23.7 Å². The highest BCUT2D eigenvalue weighted by Crippen LogP contribution is 1.99. The van der Waals surface area contributed by atoms with Gasteiger partial charge in [0.25, 0.3) is 5.56 Å². The lowest BCUT2D eigenvalue weighted by molar-refractivity contribution is 1.10. The van der Waals surface area contributed by atoms with Crippen molar-refractivity contribution in [2.45, 2.75) is 0 Å². The molecule has 0 aliphatic carbocycles. The number of H-pyrrole nitrogens is 2. The molecule has 0 aliphatic heterocycles. The summed E-state index contributed by atoms with van der Waals surface area (Å²) in [5.41, 5.74) is 9.97. The van der Waals surface area contributed by atoms with E-state index in [1.165, 1.54) is 0 Å². The van der Waals surface area contributed by atoms with Gasteiger partial charge in [-0.3, -0.25) is 9.78 Å². The van der Waals surface area contributed by atoms with Crippen LogP contribution in [0.4, 0.5) is 11.5 Å². The molecule has 0 radical (unpaired) electrons. The van der Waals surface area contributed by atoms with Crippen molar-refractivity contribution < 1.29 is 0 Å². The van der Waals surface area contributed by atoms with Crippen LogP contribution in [-0.4, -0.2) is 9.97 Å². The third-order valence-corrected chi connectivity index (χ3v) is 1.21. The van der Waals surface area contributed by atoms with Gasteiger partial charge in [0.1, 0.15) is 11.5 Å². The average Bonchev–Trinajstić information content (AvgIpc) is 1.82. The van der Waals surface area contributed by atoms with E-state index in [9.17, 15) is 4.79 Å². The van der Waals surface area contributed by atoms with Crippen LogP contribution in [0.5, 0.6) is 0 Å². The molecular weight excluding hydrogens is 166 g/mol. The van der Waals surface area contributed by atoms with E-state index in [4.69, 9.17) is 11.5 Å². The predicted octanol–water partition coefficient (Wildman–Crippen LogP) is -0.241. The Morgan fingerprint density at radius 1 is 1.27 bits per heavy atom. The second-order valence-electron chi connectivity index (χ2n) is 1.74. The van der Waals surface area contributed by atoms with Crippen LogP contribution < -0.4 is 23.2 Å². The van der Waals surface area contributed by atoms with Crippen molar-refractivity contribution in [3.05, 3.63) is 15.1 Å². The fraction of sp³-hybridized carbons (Fsp3) is 0. The topological polar surface area (TPSA) is 136 Å². The molecule has 1 aromatic rings. The van der Waals surface area contributed by atoms with E-state index in [1.807, 2.05) is 0 Å². The maximum atomic E-state index is 10.7. The first-order valence-corrected chi connectivity index (χ1v) is 2.89. The number of hydrogen-bond acceptors (Lipinski definition) is 5. The van der Waals surface area contributed by atoms with Crippen molar-refractivity contribution in [3.63, 3.8) is 0 Å². The molecule has 7 heteroatoms. The Morgan fingerprint density at radius 3 is 2.27 bits per heavy atom. The van der Waals surface area contributed by atoms with Crippen LogP contribution in [-0.2, 0) is 0 Å². The summed E-state index contributed by atoms with van der Waals surface area (Å²) in [6.45, 7) is 0. The van der Waals surface area contributed by atoms with E-state index in [2.05, 4.69) is 22.2 Å². The first-order chi connectivity index (χ1) is 4.61. The summed E-state index contributed by atoms with van der Waals surface area (Å²) in [6.07, 6.45) is 0. The molecule has 1 rings (SSSR count). The highest BCUT2D eigenvalue weighted by molar-refractivity contribution is 7.71. The summed E-state index contributed by atoms with van der Waals surface area (Å²) in [4.78, 5) is 15.5. The zero-order valence-electron chi connectivity index (χ0n) is 5.68. The van der Waals surface area contributed by atoms with Crippen molar-refractivity contribution in [3.8, 4) is 0 Å². The second kappa shape index (κ2) is 3.17. The number of anilines is 2. The first kappa shape index (κ1) is 9.66. The monoisotopic (exact) mass is 175 g/mol. The van der Waals surface area contributed by atoms with Crippen molar-refractivity contribution in [2.75, 3.05) is 11.5 Å². The van der Waals surface area contributed by atoms with Gasteiger partial charge < -0.3 is 22.6 Å². The van der Waals surface area contributed by atoms with E-state index in [-0.39, 0.29) is 22.4 Å². The number of aromatic nitrogens is 2. The molecule has 0 spiro atoms. The molecule has 11 heavy (non-hydrogen) atoms. The minimum atomic E-state index is -0.457. The second-order valence-corrected chi connectivity index (χ2v) is 2.14. The minimum absolute atomic E-state index is 0. The number of hydrogen-bond donors (Lipinski definition) is 5. The summed E-state index contributed by atoms with van der Waals surface area (Å²) in [7, 11) is 0. The molecule has 0 aliphatic rings. The van der Waals surface area contributed by atoms with Gasteiger partial charge in [0.15, 0.2) is 4.77 Å². The minimum Gasteiger partial charge on any atom is -0.391 e. The summed E-state index contributed by atoms with van der Waals surface area (Å²) in [5.74, 6) is 0.105. The Hall–Kier alpha value is -1.34. The Bertz CT molecular complexity index is 352. The largest absolute Gasteiger partial charge is 0.391 e. The summed E-state index contributed by atoms with van der Waals surface area (Å²) < 4.78 is 0.178. The average molecular weight is 175 g/mol. The molecule has 0 fully saturated rings. The van der Waals surface area contributed by atoms with Crippen LogP contribution in [0.25, 0.3) is 0 Å². The molecule has 9 N–H and O–H groups in total. The number of nitrogens with one attached hydrogen (secondary N) is 2. The van der Waals surface area contributed by atoms with Crippen LogP contribution in [0, 0.1) is 4.77 Å². The lowest BCUT2D eigenvalue weighted by atomic mass is 10.5. The molecule has 0 saturated heterocycles. The smallest absolute Gasteiger partial charge is 0.277 e. The van der Waals surface area contributed by atoms with E-state index in [0.29, 0.717) is 0 Å². The van der Waals surface area contributed by atoms with E-state index < -0.39 is 5.56 Å². The maximum Gasteiger partial charge on any atom is 0.277 e. The van der Waals surface area contributed by atoms with Crippen LogP contribution in [0.3, 0.4) is 0 Å². The third kappa shape index (κ3) is 1.79. The standard InChI is InChI=1S/C4H6N4OS.H3N/c5-1-2(6)7-4(10)8-3(1)9;/h5H2,(H4,6,7,8,9,10);1H3. The fourth-order valence-corrected chi connectivity index (χ4v) is 0.716. The molecule has 0 bridgehead atoms. The summed E-state index contributed by atoms with van der Waals surface area (Å²) in [5, 5.41) is 0. The third-order valence-electron chi connectivity index (χ3n) is 1.01. The zero-order valence-corrected chi connectivity index (χ0v) is 6.49. The highest BCUT2D eigenvalue weighted by atomic mass is 32.1. The number of nitrogen functional groups attached to an aromatic ring is 2. The van der Waals surface area contributed by atoms with E-state index in [0.717, 1.165) is 0 Å². The molecule has 0 atom stereocenters. The number of rotatable bonds is 0. The van der Waals surface area contributed by atoms with Crippen LogP contribution in [0.15, 0.2) is 4.79 Å². The van der Waals surface area contributed by atoms with Crippen LogP contribution >= 0.6 is 12.2 Å². The normalized spacial score (nSPS) is 8.73. The van der Waals surface area contributed by atoms with Crippen LogP contribution in [0.1, 0.15) is 0 Å². The maximum absolute atomic E-state index is 10.7. The molecule has 0 unspecified atom stereocenters. The van der Waals surface area contributed by atoms with Gasteiger partial charge in [-0.15, -0.1) is 0 Å². The highest BCUT2D eigenvalue weighted by Gasteiger charge is 1.97. The van der Waals surface area contributed by atoms with Gasteiger partial charge in [-0.25, -0.2) is 0 Å². The van der Waals surface area contributed by atoms with E-state index >= 15 is 0 Å². The zero-order chi connectivity index (χ0) is 7.72. The van der Waals surface area contributed by atoms with Gasteiger partial charge in [0, 0.05) is 0 Å². The Kier molecular flexibility index (Phi) is 2.78. The summed E-state index contributed by atoms with van der Waals surface area (Å²) in [6, 6.07) is 0. The van der Waals surface area contributed by atoms with Crippen LogP contribution in [0.2, 0.25) is 0 Å². The van der Waals surface area contributed by atoms with E-state index in [1.54, 1.807) is 0 Å². The molecular formula is C4H9N5OS. The molecule has 0 saturated carbocycles. The van der Waals surface area contributed by atoms with Crippen molar-refractivity contribution in [2.24, 2.45) is 0 Å². The Balaban J connectivity index is 0.000001000. The number of aromatic amines is 2. The predicted molar refractivity (Wildman–Crippen MR) is 46.1 cm³/mol. The quantitative estimate of drug-likeness (QED) is 0.347. The van der Waals surface area contributed by atoms with Crippen molar-refractivity contribution in [1.82, 2.24) is 16.1 Å². The molecule has 1 heterocycles. The summed E-state index contributed by atoms with van der Waals surface area (Å²) >= 11 is 4.60. The van der Waals surface area contributed by atoms with Gasteiger partial charge in [-0.2, -0.15) is 0 Å². The van der Waals surface area contributed by atoms with Gasteiger partial charge in [-0.05, 0) is 12.2 Å². The molecule has 0 amide bonds.